The van der Waals surface area contributed by atoms with Gasteiger partial charge in [-0.15, -0.1) is 0 Å². The molecular weight excluding hydrogens is 317 g/mol. The number of halogens is 2. The average Bonchev–Trinajstić information content (AvgIpc) is 2.38. The Morgan fingerprint density at radius 3 is 2.20 bits per heavy atom. The summed E-state index contributed by atoms with van der Waals surface area (Å²) in [6.07, 6.45) is 1.57. The van der Waals surface area contributed by atoms with E-state index in [1.54, 1.807) is 12.1 Å². The Hall–Kier alpha value is -1.19. The lowest BCUT2D eigenvalue weighted by atomic mass is 9.97. The third-order valence-corrected chi connectivity index (χ3v) is 4.16. The Morgan fingerprint density at radius 2 is 1.60 bits per heavy atom. The molecule has 0 bridgehead atoms. The summed E-state index contributed by atoms with van der Waals surface area (Å²) < 4.78 is 13.7. The van der Waals surface area contributed by atoms with E-state index >= 15 is 0 Å². The van der Waals surface area contributed by atoms with Crippen LogP contribution in [0.4, 0.5) is 4.39 Å². The summed E-state index contributed by atoms with van der Waals surface area (Å²) in [5.74, 6) is -0.239. The number of aryl methyl sites for hydroxylation is 2. The zero-order chi connectivity index (χ0) is 14.7. The first kappa shape index (κ1) is 15.2. The van der Waals surface area contributed by atoms with Crippen LogP contribution in [0.1, 0.15) is 22.3 Å². The third kappa shape index (κ3) is 3.90. The molecule has 0 saturated heterocycles. The monoisotopic (exact) mass is 335 g/mol. The van der Waals surface area contributed by atoms with Crippen LogP contribution in [-0.2, 0) is 12.8 Å². The van der Waals surface area contributed by atoms with Gasteiger partial charge in [-0.3, -0.25) is 0 Å². The number of hydrogen-bond acceptors (Lipinski definition) is 1. The van der Waals surface area contributed by atoms with E-state index in [2.05, 4.69) is 48.0 Å². The van der Waals surface area contributed by atoms with Gasteiger partial charge in [0.05, 0.1) is 4.47 Å². The van der Waals surface area contributed by atoms with E-state index in [1.165, 1.54) is 22.8 Å². The van der Waals surface area contributed by atoms with Crippen LogP contribution in [0, 0.1) is 19.7 Å². The molecule has 0 radical (unpaired) electrons. The van der Waals surface area contributed by atoms with Crippen molar-refractivity contribution < 1.29 is 4.39 Å². The molecule has 2 N–H and O–H groups in total. The Morgan fingerprint density at radius 1 is 1.00 bits per heavy atom. The predicted molar refractivity (Wildman–Crippen MR) is 85.4 cm³/mol. The normalized spacial score (nSPS) is 12.4. The van der Waals surface area contributed by atoms with Crippen molar-refractivity contribution in [2.24, 2.45) is 5.73 Å². The standard InChI is InChI=1S/C17H19BrFN/c1-11-3-4-13(7-12(11)2)8-15(20)9-14-5-6-17(19)16(18)10-14/h3-7,10,15H,8-9,20H2,1-2H3. The summed E-state index contributed by atoms with van der Waals surface area (Å²) in [7, 11) is 0. The smallest absolute Gasteiger partial charge is 0.137 e. The van der Waals surface area contributed by atoms with Gasteiger partial charge in [0.1, 0.15) is 5.82 Å². The lowest BCUT2D eigenvalue weighted by molar-refractivity contribution is 0.617. The molecule has 0 heterocycles. The molecule has 1 unspecified atom stereocenters. The number of rotatable bonds is 4. The second-order valence-electron chi connectivity index (χ2n) is 5.34. The minimum absolute atomic E-state index is 0.0365. The van der Waals surface area contributed by atoms with Crippen LogP contribution in [-0.4, -0.2) is 6.04 Å². The molecule has 0 aliphatic rings. The Kier molecular flexibility index (Phi) is 4.95. The van der Waals surface area contributed by atoms with Crippen molar-refractivity contribution in [1.82, 2.24) is 0 Å². The van der Waals surface area contributed by atoms with Gasteiger partial charge in [0.25, 0.3) is 0 Å². The Bertz CT molecular complexity index is 556. The number of hydrogen-bond donors (Lipinski definition) is 1. The van der Waals surface area contributed by atoms with Crippen LogP contribution < -0.4 is 5.73 Å². The summed E-state index contributed by atoms with van der Waals surface area (Å²) in [4.78, 5) is 0. The van der Waals surface area contributed by atoms with E-state index in [0.717, 1.165) is 18.4 Å². The van der Waals surface area contributed by atoms with Gasteiger partial charge in [-0.05, 0) is 77.0 Å². The van der Waals surface area contributed by atoms with Gasteiger partial charge in [-0.25, -0.2) is 4.39 Å². The molecule has 1 atom stereocenters. The molecule has 3 heteroatoms. The zero-order valence-electron chi connectivity index (χ0n) is 11.8. The highest BCUT2D eigenvalue weighted by molar-refractivity contribution is 9.10. The number of benzene rings is 2. The lowest BCUT2D eigenvalue weighted by Gasteiger charge is -2.13. The number of nitrogens with two attached hydrogens (primary N) is 1. The zero-order valence-corrected chi connectivity index (χ0v) is 13.4. The third-order valence-electron chi connectivity index (χ3n) is 3.55. The van der Waals surface area contributed by atoms with Gasteiger partial charge in [0, 0.05) is 6.04 Å². The molecule has 0 fully saturated rings. The first-order chi connectivity index (χ1) is 9.45. The predicted octanol–water partition coefficient (Wildman–Crippen LogP) is 4.32. The highest BCUT2D eigenvalue weighted by Crippen LogP contribution is 2.18. The SMILES string of the molecule is Cc1ccc(CC(N)Cc2ccc(F)c(Br)c2)cc1C. The molecule has 0 aromatic heterocycles. The fraction of sp³-hybridized carbons (Fsp3) is 0.294. The second kappa shape index (κ2) is 6.51. The van der Waals surface area contributed by atoms with Crippen molar-refractivity contribution in [3.63, 3.8) is 0 Å². The van der Waals surface area contributed by atoms with Crippen molar-refractivity contribution in [1.29, 1.82) is 0 Å². The van der Waals surface area contributed by atoms with Gasteiger partial charge >= 0.3 is 0 Å². The lowest BCUT2D eigenvalue weighted by Crippen LogP contribution is -2.25. The highest BCUT2D eigenvalue weighted by atomic mass is 79.9. The molecule has 0 aliphatic heterocycles. The van der Waals surface area contributed by atoms with E-state index in [9.17, 15) is 4.39 Å². The highest BCUT2D eigenvalue weighted by Gasteiger charge is 2.08. The molecule has 0 saturated carbocycles. The summed E-state index contributed by atoms with van der Waals surface area (Å²) in [5.41, 5.74) is 11.1. The van der Waals surface area contributed by atoms with E-state index in [1.807, 2.05) is 0 Å². The Balaban J connectivity index is 2.02. The van der Waals surface area contributed by atoms with Crippen LogP contribution in [0.3, 0.4) is 0 Å². The van der Waals surface area contributed by atoms with E-state index in [-0.39, 0.29) is 11.9 Å². The average molecular weight is 336 g/mol. The second-order valence-corrected chi connectivity index (χ2v) is 6.19. The summed E-state index contributed by atoms with van der Waals surface area (Å²) in [6, 6.07) is 11.6. The summed E-state index contributed by atoms with van der Waals surface area (Å²) in [6.45, 7) is 4.22. The molecule has 2 rings (SSSR count). The van der Waals surface area contributed by atoms with Gasteiger partial charge in [-0.2, -0.15) is 0 Å². The minimum atomic E-state index is -0.239. The minimum Gasteiger partial charge on any atom is -0.327 e. The molecule has 2 aromatic rings. The van der Waals surface area contributed by atoms with Crippen LogP contribution in [0.5, 0.6) is 0 Å². The van der Waals surface area contributed by atoms with Crippen molar-refractivity contribution in [3.05, 3.63) is 68.9 Å². The van der Waals surface area contributed by atoms with Crippen LogP contribution in [0.15, 0.2) is 40.9 Å². The fourth-order valence-electron chi connectivity index (χ4n) is 2.27. The van der Waals surface area contributed by atoms with Crippen LogP contribution in [0.25, 0.3) is 0 Å². The molecule has 106 valence electrons. The first-order valence-electron chi connectivity index (χ1n) is 6.71. The van der Waals surface area contributed by atoms with E-state index < -0.39 is 0 Å². The molecule has 0 amide bonds. The molecule has 20 heavy (non-hydrogen) atoms. The van der Waals surface area contributed by atoms with Gasteiger partial charge in [-0.1, -0.05) is 24.3 Å². The maximum absolute atomic E-state index is 13.2. The molecule has 0 aliphatic carbocycles. The van der Waals surface area contributed by atoms with Crippen molar-refractivity contribution in [3.8, 4) is 0 Å². The molecule has 2 aromatic carbocycles. The summed E-state index contributed by atoms with van der Waals surface area (Å²) >= 11 is 3.20. The maximum Gasteiger partial charge on any atom is 0.137 e. The van der Waals surface area contributed by atoms with Crippen molar-refractivity contribution in [2.75, 3.05) is 0 Å². The molecule has 1 nitrogen and oxygen atoms in total. The largest absolute Gasteiger partial charge is 0.327 e. The molecular formula is C17H19BrFN. The van der Waals surface area contributed by atoms with Gasteiger partial charge < -0.3 is 5.73 Å². The van der Waals surface area contributed by atoms with Crippen LogP contribution >= 0.6 is 15.9 Å². The van der Waals surface area contributed by atoms with Gasteiger partial charge in [0.15, 0.2) is 0 Å². The van der Waals surface area contributed by atoms with E-state index in [4.69, 9.17) is 5.73 Å². The van der Waals surface area contributed by atoms with Crippen molar-refractivity contribution in [2.45, 2.75) is 32.7 Å². The quantitative estimate of drug-likeness (QED) is 0.884. The fourth-order valence-corrected chi connectivity index (χ4v) is 2.70. The topological polar surface area (TPSA) is 26.0 Å². The first-order valence-corrected chi connectivity index (χ1v) is 7.50. The van der Waals surface area contributed by atoms with Gasteiger partial charge in [0.2, 0.25) is 0 Å². The summed E-state index contributed by atoms with van der Waals surface area (Å²) in [5, 5.41) is 0. The molecule has 0 spiro atoms. The van der Waals surface area contributed by atoms with E-state index in [0.29, 0.717) is 4.47 Å². The van der Waals surface area contributed by atoms with Crippen molar-refractivity contribution >= 4 is 15.9 Å². The maximum atomic E-state index is 13.2. The Labute approximate surface area is 128 Å². The van der Waals surface area contributed by atoms with Crippen LogP contribution in [0.2, 0.25) is 0 Å².